The van der Waals surface area contributed by atoms with Crippen LogP contribution in [0.3, 0.4) is 0 Å². The SMILES string of the molecule is C[C@H](OC(=O)c1cncc(Br)c1)C(=O)c1ccc2c(c1)CCC2. The summed E-state index contributed by atoms with van der Waals surface area (Å²) in [5.41, 5.74) is 3.45. The van der Waals surface area contributed by atoms with Crippen molar-refractivity contribution in [3.05, 3.63) is 63.4 Å². The number of pyridine rings is 1. The van der Waals surface area contributed by atoms with E-state index in [1.165, 1.54) is 17.3 Å². The minimum atomic E-state index is -0.832. The van der Waals surface area contributed by atoms with Gasteiger partial charge in [0.1, 0.15) is 0 Å². The molecule has 0 unspecified atom stereocenters. The molecule has 0 bridgehead atoms. The zero-order valence-electron chi connectivity index (χ0n) is 12.7. The van der Waals surface area contributed by atoms with Crippen molar-refractivity contribution in [3.8, 4) is 0 Å². The fraction of sp³-hybridized carbons (Fsp3) is 0.278. The Kier molecular flexibility index (Phi) is 4.57. The van der Waals surface area contributed by atoms with Gasteiger partial charge in [0.2, 0.25) is 5.78 Å². The number of benzene rings is 1. The molecule has 0 radical (unpaired) electrons. The molecule has 3 rings (SSSR count). The van der Waals surface area contributed by atoms with Crippen molar-refractivity contribution in [3.63, 3.8) is 0 Å². The van der Waals surface area contributed by atoms with Crippen LogP contribution in [0.4, 0.5) is 0 Å². The molecule has 0 spiro atoms. The lowest BCUT2D eigenvalue weighted by atomic mass is 10.0. The number of ketones is 1. The number of hydrogen-bond donors (Lipinski definition) is 0. The fourth-order valence-electron chi connectivity index (χ4n) is 2.77. The lowest BCUT2D eigenvalue weighted by Crippen LogP contribution is -2.24. The monoisotopic (exact) mass is 373 g/mol. The predicted octanol–water partition coefficient (Wildman–Crippen LogP) is 3.76. The molecule has 0 N–H and O–H groups in total. The van der Waals surface area contributed by atoms with E-state index in [2.05, 4.69) is 20.9 Å². The number of carbonyl (C=O) groups is 2. The van der Waals surface area contributed by atoms with Gasteiger partial charge >= 0.3 is 5.97 Å². The van der Waals surface area contributed by atoms with Gasteiger partial charge in [-0.15, -0.1) is 0 Å². The first-order valence-electron chi connectivity index (χ1n) is 7.52. The van der Waals surface area contributed by atoms with Gasteiger partial charge in [-0.1, -0.05) is 12.1 Å². The molecule has 118 valence electrons. The van der Waals surface area contributed by atoms with Crippen LogP contribution in [-0.2, 0) is 17.6 Å². The Labute approximate surface area is 143 Å². The molecule has 1 aromatic carbocycles. The van der Waals surface area contributed by atoms with Crippen LogP contribution in [0.2, 0.25) is 0 Å². The summed E-state index contributed by atoms with van der Waals surface area (Å²) in [7, 11) is 0. The summed E-state index contributed by atoms with van der Waals surface area (Å²) in [4.78, 5) is 28.5. The number of esters is 1. The van der Waals surface area contributed by atoms with Crippen molar-refractivity contribution in [2.45, 2.75) is 32.3 Å². The van der Waals surface area contributed by atoms with Crippen LogP contribution in [0.25, 0.3) is 0 Å². The van der Waals surface area contributed by atoms with E-state index in [-0.39, 0.29) is 5.78 Å². The van der Waals surface area contributed by atoms with Crippen molar-refractivity contribution < 1.29 is 14.3 Å². The maximum atomic E-state index is 12.5. The van der Waals surface area contributed by atoms with Crippen molar-refractivity contribution in [1.82, 2.24) is 4.98 Å². The second kappa shape index (κ2) is 6.62. The van der Waals surface area contributed by atoms with Crippen LogP contribution in [0.1, 0.15) is 45.2 Å². The standard InChI is InChI=1S/C18H16BrNO3/c1-11(23-18(22)15-8-16(19)10-20-9-15)17(21)14-6-5-12-3-2-4-13(12)7-14/h5-11H,2-4H2,1H3/t11-/m0/s1. The lowest BCUT2D eigenvalue weighted by molar-refractivity contribution is 0.0318. The number of carbonyl (C=O) groups excluding carboxylic acids is 2. The predicted molar refractivity (Wildman–Crippen MR) is 89.6 cm³/mol. The van der Waals surface area contributed by atoms with E-state index in [4.69, 9.17) is 4.74 Å². The number of rotatable bonds is 4. The molecule has 0 saturated heterocycles. The first kappa shape index (κ1) is 15.9. The number of aromatic nitrogens is 1. The van der Waals surface area contributed by atoms with Gasteiger partial charge in [-0.05, 0) is 65.4 Å². The van der Waals surface area contributed by atoms with Crippen LogP contribution < -0.4 is 0 Å². The third-order valence-corrected chi connectivity index (χ3v) is 4.41. The molecule has 23 heavy (non-hydrogen) atoms. The third kappa shape index (κ3) is 3.50. The highest BCUT2D eigenvalue weighted by Gasteiger charge is 2.22. The summed E-state index contributed by atoms with van der Waals surface area (Å²) in [6.07, 6.45) is 5.38. The Morgan fingerprint density at radius 1 is 1.13 bits per heavy atom. The molecule has 1 aliphatic carbocycles. The maximum Gasteiger partial charge on any atom is 0.340 e. The number of halogens is 1. The summed E-state index contributed by atoms with van der Waals surface area (Å²) >= 11 is 3.25. The minimum Gasteiger partial charge on any atom is -0.451 e. The molecule has 0 fully saturated rings. The van der Waals surface area contributed by atoms with Crippen LogP contribution >= 0.6 is 15.9 Å². The topological polar surface area (TPSA) is 56.3 Å². The van der Waals surface area contributed by atoms with Crippen molar-refractivity contribution in [2.24, 2.45) is 0 Å². The van der Waals surface area contributed by atoms with Gasteiger partial charge in [0.05, 0.1) is 5.56 Å². The fourth-order valence-corrected chi connectivity index (χ4v) is 3.13. The molecule has 2 aromatic rings. The average molecular weight is 374 g/mol. The van der Waals surface area contributed by atoms with E-state index in [0.29, 0.717) is 15.6 Å². The summed E-state index contributed by atoms with van der Waals surface area (Å²) in [5.74, 6) is -0.739. The molecule has 1 atom stereocenters. The highest BCUT2D eigenvalue weighted by Crippen LogP contribution is 2.23. The van der Waals surface area contributed by atoms with Crippen molar-refractivity contribution in [2.75, 3.05) is 0 Å². The largest absolute Gasteiger partial charge is 0.451 e. The molecular formula is C18H16BrNO3. The second-order valence-electron chi connectivity index (χ2n) is 5.64. The van der Waals surface area contributed by atoms with Crippen molar-refractivity contribution >= 4 is 27.7 Å². The van der Waals surface area contributed by atoms with E-state index in [1.807, 2.05) is 18.2 Å². The summed E-state index contributed by atoms with van der Waals surface area (Å²) in [5, 5.41) is 0. The Morgan fingerprint density at radius 2 is 1.91 bits per heavy atom. The number of aryl methyl sites for hydroxylation is 2. The van der Waals surface area contributed by atoms with Crippen LogP contribution in [0.15, 0.2) is 41.1 Å². The van der Waals surface area contributed by atoms with Crippen LogP contribution in [0.5, 0.6) is 0 Å². The van der Waals surface area contributed by atoms with Gasteiger partial charge in [0.25, 0.3) is 0 Å². The van der Waals surface area contributed by atoms with Crippen LogP contribution in [0, 0.1) is 0 Å². The lowest BCUT2D eigenvalue weighted by Gasteiger charge is -2.13. The molecule has 1 heterocycles. The smallest absolute Gasteiger partial charge is 0.340 e. The Balaban J connectivity index is 1.71. The number of ether oxygens (including phenoxy) is 1. The second-order valence-corrected chi connectivity index (χ2v) is 6.56. The Hall–Kier alpha value is -2.01. The molecule has 4 nitrogen and oxygen atoms in total. The molecule has 1 aromatic heterocycles. The highest BCUT2D eigenvalue weighted by atomic mass is 79.9. The van der Waals surface area contributed by atoms with Gasteiger partial charge in [-0.2, -0.15) is 0 Å². The van der Waals surface area contributed by atoms with Gasteiger partial charge < -0.3 is 4.74 Å². The molecule has 0 amide bonds. The van der Waals surface area contributed by atoms with E-state index < -0.39 is 12.1 Å². The van der Waals surface area contributed by atoms with Gasteiger partial charge in [-0.25, -0.2) is 4.79 Å². The van der Waals surface area contributed by atoms with Gasteiger partial charge in [-0.3, -0.25) is 9.78 Å². The molecule has 0 aliphatic heterocycles. The zero-order valence-corrected chi connectivity index (χ0v) is 14.3. The maximum absolute atomic E-state index is 12.5. The van der Waals surface area contributed by atoms with E-state index in [0.717, 1.165) is 19.3 Å². The summed E-state index contributed by atoms with van der Waals surface area (Å²) in [6.45, 7) is 1.60. The Morgan fingerprint density at radius 3 is 2.70 bits per heavy atom. The summed E-state index contributed by atoms with van der Waals surface area (Å²) in [6, 6.07) is 7.36. The average Bonchev–Trinajstić information content (AvgIpc) is 3.01. The van der Waals surface area contributed by atoms with Gasteiger partial charge in [0, 0.05) is 22.4 Å². The van der Waals surface area contributed by atoms with E-state index >= 15 is 0 Å². The molecule has 5 heteroatoms. The number of Topliss-reactive ketones (excluding diaryl/α,β-unsaturated/α-hetero) is 1. The highest BCUT2D eigenvalue weighted by molar-refractivity contribution is 9.10. The molecule has 1 aliphatic rings. The number of fused-ring (bicyclic) bond motifs is 1. The molecular weight excluding hydrogens is 358 g/mol. The Bertz CT molecular complexity index is 773. The van der Waals surface area contributed by atoms with Crippen molar-refractivity contribution in [1.29, 1.82) is 0 Å². The molecule has 0 saturated carbocycles. The van der Waals surface area contributed by atoms with E-state index in [1.54, 1.807) is 19.2 Å². The van der Waals surface area contributed by atoms with E-state index in [9.17, 15) is 9.59 Å². The first-order valence-corrected chi connectivity index (χ1v) is 8.31. The first-order chi connectivity index (χ1) is 11.0. The van der Waals surface area contributed by atoms with Crippen LogP contribution in [-0.4, -0.2) is 22.8 Å². The minimum absolute atomic E-state index is 0.184. The summed E-state index contributed by atoms with van der Waals surface area (Å²) < 4.78 is 5.96. The number of hydrogen-bond acceptors (Lipinski definition) is 4. The quantitative estimate of drug-likeness (QED) is 0.604. The van der Waals surface area contributed by atoms with Gasteiger partial charge in [0.15, 0.2) is 6.10 Å². The third-order valence-electron chi connectivity index (χ3n) is 3.98. The normalized spacial score (nSPS) is 14.2. The zero-order chi connectivity index (χ0) is 16.4. The number of nitrogens with zero attached hydrogens (tertiary/aromatic N) is 1.